The molecule has 20 heavy (non-hydrogen) atoms. The number of anilines is 2. The molecule has 2 aromatic rings. The zero-order valence-electron chi connectivity index (χ0n) is 12.0. The Kier molecular flexibility index (Phi) is 5.55. The molecule has 1 unspecified atom stereocenters. The molecular weight excluding hydrogens is 272 g/mol. The first kappa shape index (κ1) is 15.0. The van der Waals surface area contributed by atoms with Crippen LogP contribution in [0.15, 0.2) is 11.4 Å². The van der Waals surface area contributed by atoms with Gasteiger partial charge in [0.2, 0.25) is 5.95 Å². The summed E-state index contributed by atoms with van der Waals surface area (Å²) in [6.07, 6.45) is 1.87. The number of aromatic nitrogens is 2. The van der Waals surface area contributed by atoms with Crippen LogP contribution in [-0.2, 0) is 0 Å². The average molecular weight is 294 g/mol. The van der Waals surface area contributed by atoms with Gasteiger partial charge in [-0.25, -0.2) is 4.98 Å². The van der Waals surface area contributed by atoms with Gasteiger partial charge in [0.1, 0.15) is 10.6 Å². The molecule has 0 saturated carbocycles. The van der Waals surface area contributed by atoms with Crippen LogP contribution >= 0.6 is 11.3 Å². The van der Waals surface area contributed by atoms with Crippen LogP contribution in [0.2, 0.25) is 0 Å². The van der Waals surface area contributed by atoms with Crippen LogP contribution in [0.25, 0.3) is 10.2 Å². The third-order valence-corrected chi connectivity index (χ3v) is 4.14. The van der Waals surface area contributed by atoms with Crippen molar-refractivity contribution in [1.29, 1.82) is 0 Å². The Morgan fingerprint density at radius 2 is 2.15 bits per heavy atom. The van der Waals surface area contributed by atoms with Crippen molar-refractivity contribution in [3.63, 3.8) is 0 Å². The van der Waals surface area contributed by atoms with E-state index in [1.165, 1.54) is 0 Å². The predicted octanol–water partition coefficient (Wildman–Crippen LogP) is 2.94. The molecule has 3 N–H and O–H groups in total. The molecule has 0 fully saturated rings. The number of aliphatic hydroxyl groups excluding tert-OH is 1. The van der Waals surface area contributed by atoms with E-state index in [1.807, 2.05) is 18.4 Å². The number of hydrogen-bond donors (Lipinski definition) is 3. The van der Waals surface area contributed by atoms with Crippen LogP contribution in [0.3, 0.4) is 0 Å². The summed E-state index contributed by atoms with van der Waals surface area (Å²) in [5.41, 5.74) is 0. The standard InChI is InChI=1S/C14H22N4OS/c1-3-10(5-7-19)9-16-12-11-6-8-20-13(11)18-14(17-12)15-4-2/h6,8,10,19H,3-5,7,9H2,1-2H3,(H2,15,16,17,18). The molecule has 0 radical (unpaired) electrons. The second-order valence-electron chi connectivity index (χ2n) is 4.73. The lowest BCUT2D eigenvalue weighted by Crippen LogP contribution is -2.16. The van der Waals surface area contributed by atoms with Crippen molar-refractivity contribution in [3.8, 4) is 0 Å². The van der Waals surface area contributed by atoms with E-state index in [0.29, 0.717) is 11.9 Å². The minimum atomic E-state index is 0.237. The fraction of sp³-hybridized carbons (Fsp3) is 0.571. The first-order valence-corrected chi connectivity index (χ1v) is 8.00. The highest BCUT2D eigenvalue weighted by molar-refractivity contribution is 7.16. The zero-order chi connectivity index (χ0) is 14.4. The molecule has 6 heteroatoms. The molecule has 2 aromatic heterocycles. The van der Waals surface area contributed by atoms with Crippen molar-refractivity contribution >= 4 is 33.3 Å². The van der Waals surface area contributed by atoms with Crippen molar-refractivity contribution < 1.29 is 5.11 Å². The van der Waals surface area contributed by atoms with Gasteiger partial charge in [0.15, 0.2) is 0 Å². The molecule has 0 amide bonds. The lowest BCUT2D eigenvalue weighted by atomic mass is 10.0. The summed E-state index contributed by atoms with van der Waals surface area (Å²) in [6.45, 7) is 6.04. The first-order chi connectivity index (χ1) is 9.78. The fourth-order valence-corrected chi connectivity index (χ4v) is 2.87. The van der Waals surface area contributed by atoms with Crippen molar-refractivity contribution in [2.45, 2.75) is 26.7 Å². The summed E-state index contributed by atoms with van der Waals surface area (Å²) in [6, 6.07) is 2.05. The number of aliphatic hydroxyl groups is 1. The van der Waals surface area contributed by atoms with Gasteiger partial charge in [0.25, 0.3) is 0 Å². The van der Waals surface area contributed by atoms with Crippen LogP contribution in [0.4, 0.5) is 11.8 Å². The Hall–Kier alpha value is -1.40. The molecule has 0 bridgehead atoms. The molecule has 2 heterocycles. The highest BCUT2D eigenvalue weighted by atomic mass is 32.1. The lowest BCUT2D eigenvalue weighted by molar-refractivity contribution is 0.258. The van der Waals surface area contributed by atoms with Gasteiger partial charge < -0.3 is 15.7 Å². The van der Waals surface area contributed by atoms with Crippen LogP contribution in [0.1, 0.15) is 26.7 Å². The molecule has 0 aliphatic rings. The van der Waals surface area contributed by atoms with Crippen LogP contribution in [0, 0.1) is 5.92 Å². The molecule has 0 aliphatic carbocycles. The van der Waals surface area contributed by atoms with E-state index in [0.717, 1.165) is 42.0 Å². The lowest BCUT2D eigenvalue weighted by Gasteiger charge is -2.15. The number of nitrogens with one attached hydrogen (secondary N) is 2. The number of fused-ring (bicyclic) bond motifs is 1. The average Bonchev–Trinajstić information content (AvgIpc) is 2.92. The molecular formula is C14H22N4OS. The van der Waals surface area contributed by atoms with Crippen molar-refractivity contribution in [2.75, 3.05) is 30.3 Å². The summed E-state index contributed by atoms with van der Waals surface area (Å²) < 4.78 is 0. The smallest absolute Gasteiger partial charge is 0.226 e. The number of rotatable bonds is 8. The summed E-state index contributed by atoms with van der Waals surface area (Å²) >= 11 is 1.62. The first-order valence-electron chi connectivity index (χ1n) is 7.12. The zero-order valence-corrected chi connectivity index (χ0v) is 12.8. The van der Waals surface area contributed by atoms with E-state index in [2.05, 4.69) is 27.5 Å². The Morgan fingerprint density at radius 1 is 1.30 bits per heavy atom. The van der Waals surface area contributed by atoms with Crippen LogP contribution in [0.5, 0.6) is 0 Å². The van der Waals surface area contributed by atoms with Crippen molar-refractivity contribution in [2.24, 2.45) is 5.92 Å². The predicted molar refractivity (Wildman–Crippen MR) is 85.6 cm³/mol. The summed E-state index contributed by atoms with van der Waals surface area (Å²) in [7, 11) is 0. The Morgan fingerprint density at radius 3 is 2.85 bits per heavy atom. The number of thiophene rings is 1. The third-order valence-electron chi connectivity index (χ3n) is 3.33. The maximum atomic E-state index is 9.06. The Balaban J connectivity index is 2.16. The largest absolute Gasteiger partial charge is 0.396 e. The number of nitrogens with zero attached hydrogens (tertiary/aromatic N) is 2. The van der Waals surface area contributed by atoms with E-state index >= 15 is 0 Å². The molecule has 0 aliphatic heterocycles. The normalized spacial score (nSPS) is 12.6. The molecule has 5 nitrogen and oxygen atoms in total. The van der Waals surface area contributed by atoms with E-state index in [-0.39, 0.29) is 6.61 Å². The monoisotopic (exact) mass is 294 g/mol. The van der Waals surface area contributed by atoms with Gasteiger partial charge in [-0.3, -0.25) is 0 Å². The van der Waals surface area contributed by atoms with Gasteiger partial charge in [-0.1, -0.05) is 13.3 Å². The van der Waals surface area contributed by atoms with Gasteiger partial charge >= 0.3 is 0 Å². The minimum Gasteiger partial charge on any atom is -0.396 e. The molecule has 0 saturated heterocycles. The van der Waals surface area contributed by atoms with E-state index in [9.17, 15) is 0 Å². The quantitative estimate of drug-likeness (QED) is 0.698. The summed E-state index contributed by atoms with van der Waals surface area (Å²) in [5.74, 6) is 2.01. The molecule has 110 valence electrons. The maximum absolute atomic E-state index is 9.06. The van der Waals surface area contributed by atoms with Gasteiger partial charge in [-0.2, -0.15) is 4.98 Å². The van der Waals surface area contributed by atoms with Crippen LogP contribution < -0.4 is 10.6 Å². The van der Waals surface area contributed by atoms with Crippen molar-refractivity contribution in [1.82, 2.24) is 9.97 Å². The van der Waals surface area contributed by atoms with Gasteiger partial charge in [0.05, 0.1) is 5.39 Å². The highest BCUT2D eigenvalue weighted by Gasteiger charge is 2.11. The summed E-state index contributed by atoms with van der Waals surface area (Å²) in [4.78, 5) is 10.0. The minimum absolute atomic E-state index is 0.237. The molecule has 0 aromatic carbocycles. The highest BCUT2D eigenvalue weighted by Crippen LogP contribution is 2.26. The second kappa shape index (κ2) is 7.40. The van der Waals surface area contributed by atoms with E-state index in [4.69, 9.17) is 5.11 Å². The maximum Gasteiger partial charge on any atom is 0.226 e. The van der Waals surface area contributed by atoms with Crippen LogP contribution in [-0.4, -0.2) is 34.8 Å². The molecule has 2 rings (SSSR count). The van der Waals surface area contributed by atoms with E-state index in [1.54, 1.807) is 11.3 Å². The topological polar surface area (TPSA) is 70.1 Å². The molecule has 1 atom stereocenters. The van der Waals surface area contributed by atoms with Gasteiger partial charge in [-0.05, 0) is 30.7 Å². The van der Waals surface area contributed by atoms with E-state index < -0.39 is 0 Å². The molecule has 0 spiro atoms. The Bertz CT molecular complexity index is 543. The SMILES string of the molecule is CCNc1nc(NCC(CC)CCO)c2ccsc2n1. The second-order valence-corrected chi connectivity index (χ2v) is 5.63. The third kappa shape index (κ3) is 3.58. The summed E-state index contributed by atoms with van der Waals surface area (Å²) in [5, 5.41) is 18.7. The Labute approximate surface area is 123 Å². The van der Waals surface area contributed by atoms with Crippen molar-refractivity contribution in [3.05, 3.63) is 11.4 Å². The fourth-order valence-electron chi connectivity index (χ4n) is 2.10. The van der Waals surface area contributed by atoms with Gasteiger partial charge in [-0.15, -0.1) is 11.3 Å². The number of hydrogen-bond acceptors (Lipinski definition) is 6. The van der Waals surface area contributed by atoms with Gasteiger partial charge in [0, 0.05) is 19.7 Å².